The first-order valence-corrected chi connectivity index (χ1v) is 15.3. The highest BCUT2D eigenvalue weighted by Gasteiger charge is 2.44. The molecule has 0 aliphatic carbocycles. The van der Waals surface area contributed by atoms with Crippen LogP contribution >= 0.6 is 11.8 Å². The molecule has 4 amide bonds. The lowest BCUT2D eigenvalue weighted by Crippen LogP contribution is -2.54. The summed E-state index contributed by atoms with van der Waals surface area (Å²) in [5, 5.41) is 5.66. The molecule has 12 nitrogen and oxygen atoms in total. The Morgan fingerprint density at radius 3 is 2.44 bits per heavy atom. The molecule has 5 aliphatic rings. The third-order valence-electron chi connectivity index (χ3n) is 8.47. The first-order chi connectivity index (χ1) is 20.0. The molecule has 41 heavy (non-hydrogen) atoms. The maximum absolute atomic E-state index is 13.2. The first-order valence-electron chi connectivity index (χ1n) is 14.3. The fraction of sp³-hybridized carbons (Fsp3) is 0.500. The topological polar surface area (TPSA) is 131 Å². The SMILES string of the molecule is O=C1CCC(N2C(=O)c3ccc(CN4CCN(c5nc6c(c(N7CCNCC7)n5)SCC6)CC4)cc3C2=O)C(=O)N1. The number of rotatable bonds is 5. The largest absolute Gasteiger partial charge is 0.353 e. The van der Waals surface area contributed by atoms with E-state index in [1.165, 1.54) is 10.6 Å². The van der Waals surface area contributed by atoms with Crippen LogP contribution in [0, 0.1) is 0 Å². The van der Waals surface area contributed by atoms with E-state index >= 15 is 0 Å². The van der Waals surface area contributed by atoms with Gasteiger partial charge in [-0.1, -0.05) is 6.07 Å². The number of fused-ring (bicyclic) bond motifs is 2. The van der Waals surface area contributed by atoms with Crippen molar-refractivity contribution in [2.24, 2.45) is 0 Å². The van der Waals surface area contributed by atoms with Crippen molar-refractivity contribution < 1.29 is 19.2 Å². The summed E-state index contributed by atoms with van der Waals surface area (Å²) >= 11 is 1.87. The molecule has 2 aromatic rings. The average Bonchev–Trinajstić information content (AvgIpc) is 3.56. The van der Waals surface area contributed by atoms with E-state index in [1.807, 2.05) is 17.8 Å². The Morgan fingerprint density at radius 2 is 1.66 bits per heavy atom. The van der Waals surface area contributed by atoms with Crippen LogP contribution < -0.4 is 20.4 Å². The van der Waals surface area contributed by atoms with Crippen LogP contribution in [0.3, 0.4) is 0 Å². The Morgan fingerprint density at radius 1 is 0.878 bits per heavy atom. The average molecular weight is 577 g/mol. The van der Waals surface area contributed by atoms with E-state index in [-0.39, 0.29) is 18.7 Å². The standard InChI is InChI=1S/C28H32N8O4S/c37-22-4-3-21(25(38)31-22)36-26(39)18-2-1-17(15-19(18)27(36)40)16-33-10-12-35(13-11-33)28-30-20-5-14-41-23(20)24(32-28)34-8-6-29-7-9-34/h1-2,15,21,29H,3-14,16H2,(H,31,37,38). The quantitative estimate of drug-likeness (QED) is 0.475. The Labute approximate surface area is 241 Å². The molecule has 2 N–H and O–H groups in total. The summed E-state index contributed by atoms with van der Waals surface area (Å²) in [5.74, 6) is 1.02. The number of nitrogens with one attached hydrogen (secondary N) is 2. The zero-order valence-corrected chi connectivity index (χ0v) is 23.5. The molecule has 7 rings (SSSR count). The number of aromatic nitrogens is 2. The summed E-state index contributed by atoms with van der Waals surface area (Å²) in [6.07, 6.45) is 1.24. The Balaban J connectivity index is 1.02. The molecule has 3 fully saturated rings. The van der Waals surface area contributed by atoms with Crippen LogP contribution in [0.5, 0.6) is 0 Å². The van der Waals surface area contributed by atoms with Crippen molar-refractivity contribution in [2.45, 2.75) is 36.7 Å². The van der Waals surface area contributed by atoms with Crippen molar-refractivity contribution in [3.05, 3.63) is 40.6 Å². The van der Waals surface area contributed by atoms with Gasteiger partial charge in [-0.2, -0.15) is 4.98 Å². The van der Waals surface area contributed by atoms with Gasteiger partial charge in [-0.05, 0) is 24.1 Å². The predicted octanol–water partition coefficient (Wildman–Crippen LogP) is 0.258. The van der Waals surface area contributed by atoms with Gasteiger partial charge in [-0.15, -0.1) is 11.8 Å². The third-order valence-corrected chi connectivity index (χ3v) is 9.59. The number of benzene rings is 1. The lowest BCUT2D eigenvalue weighted by molar-refractivity contribution is -0.136. The van der Waals surface area contributed by atoms with E-state index in [2.05, 4.69) is 25.3 Å². The Hall–Kier alpha value is -3.55. The minimum atomic E-state index is -0.955. The number of imide groups is 2. The van der Waals surface area contributed by atoms with Crippen molar-refractivity contribution in [1.29, 1.82) is 0 Å². The minimum absolute atomic E-state index is 0.105. The molecule has 0 radical (unpaired) electrons. The van der Waals surface area contributed by atoms with Gasteiger partial charge in [-0.25, -0.2) is 4.98 Å². The molecule has 0 saturated carbocycles. The van der Waals surface area contributed by atoms with Gasteiger partial charge in [-0.3, -0.25) is 34.3 Å². The van der Waals surface area contributed by atoms with Gasteiger partial charge in [0.2, 0.25) is 17.8 Å². The molecule has 6 heterocycles. The number of thioether (sulfide) groups is 1. The number of piperidine rings is 1. The molecule has 1 aromatic carbocycles. The summed E-state index contributed by atoms with van der Waals surface area (Å²) in [6.45, 7) is 7.75. The lowest BCUT2D eigenvalue weighted by Gasteiger charge is -2.36. The summed E-state index contributed by atoms with van der Waals surface area (Å²) in [4.78, 5) is 69.4. The highest BCUT2D eigenvalue weighted by atomic mass is 32.2. The molecule has 13 heteroatoms. The molecular formula is C28H32N8O4S. The number of hydrogen-bond donors (Lipinski definition) is 2. The van der Waals surface area contributed by atoms with Gasteiger partial charge < -0.3 is 15.1 Å². The van der Waals surface area contributed by atoms with Crippen molar-refractivity contribution in [3.63, 3.8) is 0 Å². The number of piperazine rings is 2. The van der Waals surface area contributed by atoms with Crippen molar-refractivity contribution in [1.82, 2.24) is 30.4 Å². The zero-order valence-electron chi connectivity index (χ0n) is 22.7. The van der Waals surface area contributed by atoms with E-state index in [1.54, 1.807) is 12.1 Å². The highest BCUT2D eigenvalue weighted by molar-refractivity contribution is 7.99. The molecule has 3 saturated heterocycles. The summed E-state index contributed by atoms with van der Waals surface area (Å²) in [5.41, 5.74) is 2.73. The van der Waals surface area contributed by atoms with Gasteiger partial charge in [0.1, 0.15) is 11.9 Å². The van der Waals surface area contributed by atoms with Crippen LogP contribution in [0.2, 0.25) is 0 Å². The monoisotopic (exact) mass is 576 g/mol. The normalized spacial score (nSPS) is 23.2. The van der Waals surface area contributed by atoms with Crippen molar-refractivity contribution in [2.75, 3.05) is 67.9 Å². The molecule has 1 aromatic heterocycles. The molecule has 1 unspecified atom stereocenters. The van der Waals surface area contributed by atoms with E-state index < -0.39 is 23.8 Å². The number of aryl methyl sites for hydroxylation is 1. The maximum Gasteiger partial charge on any atom is 0.262 e. The van der Waals surface area contributed by atoms with Gasteiger partial charge in [0.25, 0.3) is 11.8 Å². The third kappa shape index (κ3) is 4.85. The predicted molar refractivity (Wildman–Crippen MR) is 152 cm³/mol. The fourth-order valence-corrected chi connectivity index (χ4v) is 7.37. The van der Waals surface area contributed by atoms with Gasteiger partial charge in [0.05, 0.1) is 21.7 Å². The second-order valence-electron chi connectivity index (χ2n) is 11.0. The maximum atomic E-state index is 13.2. The summed E-state index contributed by atoms with van der Waals surface area (Å²) in [7, 11) is 0. The highest BCUT2D eigenvalue weighted by Crippen LogP contribution is 2.38. The van der Waals surface area contributed by atoms with Gasteiger partial charge >= 0.3 is 0 Å². The molecule has 5 aliphatic heterocycles. The molecular weight excluding hydrogens is 544 g/mol. The number of carbonyl (C=O) groups excluding carboxylic acids is 4. The van der Waals surface area contributed by atoms with Crippen LogP contribution in [0.1, 0.15) is 44.8 Å². The van der Waals surface area contributed by atoms with Crippen LogP contribution in [-0.2, 0) is 22.6 Å². The number of hydrogen-bond acceptors (Lipinski definition) is 11. The van der Waals surface area contributed by atoms with Crippen molar-refractivity contribution in [3.8, 4) is 0 Å². The van der Waals surface area contributed by atoms with Crippen LogP contribution in [-0.4, -0.2) is 108 Å². The summed E-state index contributed by atoms with van der Waals surface area (Å²) < 4.78 is 0. The van der Waals surface area contributed by atoms with Gasteiger partial charge in [0, 0.05) is 77.5 Å². The molecule has 0 bridgehead atoms. The number of nitrogens with zero attached hydrogens (tertiary/aromatic N) is 6. The van der Waals surface area contributed by atoms with Crippen molar-refractivity contribution >= 4 is 47.2 Å². The molecule has 214 valence electrons. The Bertz CT molecular complexity index is 1440. The van der Waals surface area contributed by atoms with Crippen LogP contribution in [0.25, 0.3) is 0 Å². The van der Waals surface area contributed by atoms with E-state index in [9.17, 15) is 19.2 Å². The number of anilines is 2. The smallest absolute Gasteiger partial charge is 0.262 e. The summed E-state index contributed by atoms with van der Waals surface area (Å²) in [6, 6.07) is 4.38. The second-order valence-corrected chi connectivity index (χ2v) is 12.2. The number of carbonyl (C=O) groups is 4. The lowest BCUT2D eigenvalue weighted by atomic mass is 10.0. The second kappa shape index (κ2) is 10.7. The van der Waals surface area contributed by atoms with E-state index in [0.717, 1.165) is 86.8 Å². The van der Waals surface area contributed by atoms with E-state index in [0.29, 0.717) is 17.7 Å². The molecule has 1 atom stereocenters. The van der Waals surface area contributed by atoms with Crippen LogP contribution in [0.4, 0.5) is 11.8 Å². The van der Waals surface area contributed by atoms with E-state index in [4.69, 9.17) is 9.97 Å². The minimum Gasteiger partial charge on any atom is -0.353 e. The fourth-order valence-electron chi connectivity index (χ4n) is 6.25. The van der Waals surface area contributed by atoms with Gasteiger partial charge in [0.15, 0.2) is 0 Å². The Kier molecular flexibility index (Phi) is 6.87. The van der Waals surface area contributed by atoms with Crippen LogP contribution in [0.15, 0.2) is 23.1 Å². The first kappa shape index (κ1) is 26.4. The number of amides is 4. The molecule has 0 spiro atoms. The zero-order chi connectivity index (χ0) is 28.1.